The van der Waals surface area contributed by atoms with Gasteiger partial charge in [-0.05, 0) is 0 Å². The van der Waals surface area contributed by atoms with E-state index in [1.165, 1.54) is 83.5 Å². The maximum atomic E-state index is 3.87. The van der Waals surface area contributed by atoms with Gasteiger partial charge in [-0.3, -0.25) is 0 Å². The third-order valence-corrected chi connectivity index (χ3v) is 3.35. The second kappa shape index (κ2) is 22.6. The molecule has 0 amide bonds. The molecule has 0 atom stereocenters. The Kier molecular flexibility index (Phi) is 29.6. The third kappa shape index (κ3) is 21.7. The first-order valence-electron chi connectivity index (χ1n) is 7.71. The van der Waals surface area contributed by atoms with Crippen molar-refractivity contribution in [2.45, 2.75) is 96.8 Å². The van der Waals surface area contributed by atoms with Crippen LogP contribution in [0.5, 0.6) is 0 Å². The molecule has 0 aromatic heterocycles. The molecule has 0 aliphatic carbocycles. The second-order valence-electron chi connectivity index (χ2n) is 5.10. The molecular weight excluding hydrogens is 264 g/mol. The van der Waals surface area contributed by atoms with Gasteiger partial charge in [0.05, 0.1) is 0 Å². The van der Waals surface area contributed by atoms with Crippen molar-refractivity contribution in [2.24, 2.45) is 0 Å². The Morgan fingerprint density at radius 1 is 0.556 bits per heavy atom. The minimum Gasteiger partial charge on any atom is -2.00 e. The summed E-state index contributed by atoms with van der Waals surface area (Å²) in [5.74, 6) is 0. The third-order valence-electron chi connectivity index (χ3n) is 3.35. The largest absolute Gasteiger partial charge is 3.00 e. The van der Waals surface area contributed by atoms with Gasteiger partial charge in [-0.15, -0.1) is 0 Å². The van der Waals surface area contributed by atoms with Gasteiger partial charge in [0.1, 0.15) is 0 Å². The zero-order valence-corrected chi connectivity index (χ0v) is 13.5. The zero-order valence-electron chi connectivity index (χ0n) is 12.4. The van der Waals surface area contributed by atoms with Crippen molar-refractivity contribution in [1.29, 1.82) is 0 Å². The van der Waals surface area contributed by atoms with Crippen LogP contribution >= 0.6 is 0 Å². The van der Waals surface area contributed by atoms with Crippen LogP contribution in [0.2, 0.25) is 0 Å². The molecule has 0 unspecified atom stereocenters. The average Bonchev–Trinajstić information content (AvgIpc) is 2.31. The molecule has 1 radical (unpaired) electrons. The molecule has 0 aromatic rings. The van der Waals surface area contributed by atoms with E-state index in [0.717, 1.165) is 6.42 Å². The standard InChI is InChI=1S/C16H33.Fe.O/c1-3-5-7-9-11-13-15-16-14-12-10-8-6-4-2;;/h1,3-16H2,2H3;;/q-1;+3;-2. The van der Waals surface area contributed by atoms with Crippen LogP contribution in [0.4, 0.5) is 0 Å². The summed E-state index contributed by atoms with van der Waals surface area (Å²) in [6, 6.07) is 0. The van der Waals surface area contributed by atoms with E-state index in [1.807, 2.05) is 0 Å². The SMILES string of the molecule is [CH2-]CCCCCCCCCCCCCCC.[Fe+3].[O-2]. The Morgan fingerprint density at radius 2 is 0.833 bits per heavy atom. The molecule has 0 saturated heterocycles. The molecule has 2 heteroatoms. The molecule has 0 saturated carbocycles. The van der Waals surface area contributed by atoms with E-state index < -0.39 is 0 Å². The Hall–Kier alpha value is 0.479. The van der Waals surface area contributed by atoms with E-state index in [2.05, 4.69) is 13.8 Å². The van der Waals surface area contributed by atoms with Gasteiger partial charge in [-0.2, -0.15) is 6.42 Å². The maximum Gasteiger partial charge on any atom is 3.00 e. The predicted octanol–water partition coefficient (Wildman–Crippen LogP) is 6.18. The van der Waals surface area contributed by atoms with Crippen molar-refractivity contribution in [3.8, 4) is 0 Å². The first-order valence-corrected chi connectivity index (χ1v) is 7.71. The quantitative estimate of drug-likeness (QED) is 0.220. The van der Waals surface area contributed by atoms with Crippen LogP contribution in [-0.2, 0) is 22.5 Å². The van der Waals surface area contributed by atoms with Crippen LogP contribution in [0.25, 0.3) is 0 Å². The molecule has 0 N–H and O–H groups in total. The summed E-state index contributed by atoms with van der Waals surface area (Å²) in [7, 11) is 0. The van der Waals surface area contributed by atoms with E-state index in [0.29, 0.717) is 0 Å². The Labute approximate surface area is 126 Å². The maximum absolute atomic E-state index is 3.87. The van der Waals surface area contributed by atoms with E-state index >= 15 is 0 Å². The van der Waals surface area contributed by atoms with E-state index in [-0.39, 0.29) is 22.5 Å². The molecule has 0 spiro atoms. The van der Waals surface area contributed by atoms with Crippen LogP contribution in [0.15, 0.2) is 0 Å². The molecule has 0 aliphatic heterocycles. The summed E-state index contributed by atoms with van der Waals surface area (Å²) >= 11 is 0. The van der Waals surface area contributed by atoms with E-state index in [4.69, 9.17) is 0 Å². The fraction of sp³-hybridized carbons (Fsp3) is 0.938. The molecule has 0 rings (SSSR count). The molecule has 0 aromatic carbocycles. The molecule has 0 fully saturated rings. The minimum absolute atomic E-state index is 0. The van der Waals surface area contributed by atoms with Gasteiger partial charge in [0.15, 0.2) is 0 Å². The Morgan fingerprint density at radius 3 is 1.11 bits per heavy atom. The zero-order chi connectivity index (χ0) is 11.9. The van der Waals surface area contributed by atoms with Crippen molar-refractivity contribution < 1.29 is 22.5 Å². The van der Waals surface area contributed by atoms with E-state index in [9.17, 15) is 0 Å². The Balaban J connectivity index is -0.00000112. The van der Waals surface area contributed by atoms with Crippen molar-refractivity contribution in [1.82, 2.24) is 0 Å². The van der Waals surface area contributed by atoms with Crippen LogP contribution < -0.4 is 0 Å². The predicted molar refractivity (Wildman–Crippen MR) is 76.4 cm³/mol. The first kappa shape index (κ1) is 23.6. The summed E-state index contributed by atoms with van der Waals surface area (Å²) in [5, 5.41) is 0. The fourth-order valence-corrected chi connectivity index (χ4v) is 2.19. The summed E-state index contributed by atoms with van der Waals surface area (Å²) in [6.45, 7) is 6.16. The van der Waals surface area contributed by atoms with Crippen molar-refractivity contribution in [3.63, 3.8) is 0 Å². The van der Waals surface area contributed by atoms with Crippen molar-refractivity contribution in [2.75, 3.05) is 0 Å². The minimum atomic E-state index is 0. The number of hydrogen-bond donors (Lipinski definition) is 0. The van der Waals surface area contributed by atoms with E-state index in [1.54, 1.807) is 0 Å². The van der Waals surface area contributed by atoms with Gasteiger partial charge < -0.3 is 12.4 Å². The number of rotatable bonds is 13. The van der Waals surface area contributed by atoms with Crippen LogP contribution in [0, 0.1) is 6.92 Å². The van der Waals surface area contributed by atoms with Gasteiger partial charge >= 0.3 is 17.1 Å². The van der Waals surface area contributed by atoms with Gasteiger partial charge in [-0.25, -0.2) is 0 Å². The molecule has 0 heterocycles. The normalized spacial score (nSPS) is 9.67. The summed E-state index contributed by atoms with van der Waals surface area (Å²) in [6.07, 6.45) is 19.8. The molecule has 1 nitrogen and oxygen atoms in total. The number of unbranched alkanes of at least 4 members (excludes halogenated alkanes) is 13. The van der Waals surface area contributed by atoms with Crippen LogP contribution in [-0.4, -0.2) is 0 Å². The topological polar surface area (TPSA) is 28.5 Å². The van der Waals surface area contributed by atoms with Gasteiger partial charge in [0.2, 0.25) is 0 Å². The molecule has 0 aliphatic rings. The summed E-state index contributed by atoms with van der Waals surface area (Å²) in [5.41, 5.74) is 0. The molecular formula is C16H33FeO. The van der Waals surface area contributed by atoms with Gasteiger partial charge in [0, 0.05) is 0 Å². The van der Waals surface area contributed by atoms with Gasteiger partial charge in [0.25, 0.3) is 0 Å². The van der Waals surface area contributed by atoms with Crippen LogP contribution in [0.1, 0.15) is 96.8 Å². The molecule has 111 valence electrons. The van der Waals surface area contributed by atoms with Crippen LogP contribution in [0.3, 0.4) is 0 Å². The molecule has 0 bridgehead atoms. The average molecular weight is 297 g/mol. The Bertz CT molecular complexity index is 104. The number of hydrogen-bond acceptors (Lipinski definition) is 0. The summed E-state index contributed by atoms with van der Waals surface area (Å²) < 4.78 is 0. The smallest absolute Gasteiger partial charge is 2.00 e. The summed E-state index contributed by atoms with van der Waals surface area (Å²) in [4.78, 5) is 0. The second-order valence-corrected chi connectivity index (χ2v) is 5.10. The van der Waals surface area contributed by atoms with Crippen molar-refractivity contribution >= 4 is 0 Å². The van der Waals surface area contributed by atoms with Gasteiger partial charge in [-0.1, -0.05) is 90.4 Å². The molecule has 18 heavy (non-hydrogen) atoms. The first-order chi connectivity index (χ1) is 7.91. The fourth-order valence-electron chi connectivity index (χ4n) is 2.19. The monoisotopic (exact) mass is 297 g/mol. The van der Waals surface area contributed by atoms with Crippen molar-refractivity contribution in [3.05, 3.63) is 6.92 Å².